The zero-order valence-corrected chi connectivity index (χ0v) is 18.2. The average molecular weight is 480 g/mol. The van der Waals surface area contributed by atoms with E-state index in [9.17, 15) is 22.8 Å². The number of benzene rings is 3. The smallest absolute Gasteiger partial charge is 0.418 e. The number of hydrogen-bond donors (Lipinski definition) is 0. The number of rotatable bonds is 4. The van der Waals surface area contributed by atoms with Crippen LogP contribution < -0.4 is 10.3 Å². The van der Waals surface area contributed by atoms with Gasteiger partial charge in [-0.3, -0.25) is 14.5 Å². The second-order valence-corrected chi connectivity index (χ2v) is 8.50. The molecule has 0 radical (unpaired) electrons. The lowest BCUT2D eigenvalue weighted by Crippen LogP contribution is -2.31. The van der Waals surface area contributed by atoms with Gasteiger partial charge in [-0.2, -0.15) is 13.2 Å². The highest BCUT2D eigenvalue weighted by atomic mass is 32.1. The highest BCUT2D eigenvalue weighted by Gasteiger charge is 2.34. The first-order chi connectivity index (χ1) is 16.3. The Morgan fingerprint density at radius 3 is 2.47 bits per heavy atom. The average Bonchev–Trinajstić information content (AvgIpc) is 3.26. The molecule has 0 spiro atoms. The molecule has 0 aliphatic carbocycles. The molecule has 5 nitrogen and oxygen atoms in total. The Labute approximate surface area is 194 Å². The maximum absolute atomic E-state index is 13.5. The zero-order chi connectivity index (χ0) is 23.9. The molecular formula is C25H15F3N2O3S. The van der Waals surface area contributed by atoms with Crippen LogP contribution in [0.2, 0.25) is 0 Å². The predicted octanol–water partition coefficient (Wildman–Crippen LogP) is 6.27. The number of alkyl halides is 3. The fraction of sp³-hybridized carbons (Fsp3) is 0.0800. The summed E-state index contributed by atoms with van der Waals surface area (Å²) in [5.74, 6) is -0.908. The third-order valence-corrected chi connectivity index (χ3v) is 6.26. The SMILES string of the molecule is O=C(c1cc(=O)c2ccccc2o1)N(Cc1ccccc1)c1nc2c(C(F)(F)F)cccc2s1. The van der Waals surface area contributed by atoms with E-state index >= 15 is 0 Å². The molecule has 0 bridgehead atoms. The highest BCUT2D eigenvalue weighted by Crippen LogP contribution is 2.39. The van der Waals surface area contributed by atoms with Crippen LogP contribution >= 0.6 is 11.3 Å². The largest absolute Gasteiger partial charge is 0.451 e. The molecule has 0 N–H and O–H groups in total. The summed E-state index contributed by atoms with van der Waals surface area (Å²) < 4.78 is 46.6. The monoisotopic (exact) mass is 480 g/mol. The summed E-state index contributed by atoms with van der Waals surface area (Å²) in [5.41, 5.74) is -0.540. The van der Waals surface area contributed by atoms with Gasteiger partial charge in [0.05, 0.1) is 27.7 Å². The lowest BCUT2D eigenvalue weighted by molar-refractivity contribution is -0.136. The van der Waals surface area contributed by atoms with Crippen molar-refractivity contribution in [2.45, 2.75) is 12.7 Å². The number of halogens is 3. The first-order valence-corrected chi connectivity index (χ1v) is 11.0. The molecule has 0 fully saturated rings. The summed E-state index contributed by atoms with van der Waals surface area (Å²) in [6.45, 7) is 0.0252. The summed E-state index contributed by atoms with van der Waals surface area (Å²) >= 11 is 0.960. The van der Waals surface area contributed by atoms with E-state index < -0.39 is 23.1 Å². The van der Waals surface area contributed by atoms with Gasteiger partial charge in [-0.25, -0.2) is 4.98 Å². The molecule has 34 heavy (non-hydrogen) atoms. The van der Waals surface area contributed by atoms with Crippen LogP contribution in [-0.4, -0.2) is 10.9 Å². The fourth-order valence-corrected chi connectivity index (χ4v) is 4.61. The number of para-hydroxylation sites is 2. The van der Waals surface area contributed by atoms with Crippen molar-refractivity contribution < 1.29 is 22.4 Å². The lowest BCUT2D eigenvalue weighted by atomic mass is 10.2. The van der Waals surface area contributed by atoms with Gasteiger partial charge >= 0.3 is 6.18 Å². The molecule has 0 saturated heterocycles. The van der Waals surface area contributed by atoms with Crippen LogP contribution in [0, 0.1) is 0 Å². The number of fused-ring (bicyclic) bond motifs is 2. The van der Waals surface area contributed by atoms with Crippen molar-refractivity contribution in [1.29, 1.82) is 0 Å². The van der Waals surface area contributed by atoms with Crippen molar-refractivity contribution in [2.24, 2.45) is 0 Å². The molecule has 1 amide bonds. The van der Waals surface area contributed by atoms with Gasteiger partial charge in [-0.15, -0.1) is 0 Å². The van der Waals surface area contributed by atoms with Crippen LogP contribution in [-0.2, 0) is 12.7 Å². The van der Waals surface area contributed by atoms with Crippen LogP contribution in [0.15, 0.2) is 88.1 Å². The molecular weight excluding hydrogens is 465 g/mol. The van der Waals surface area contributed by atoms with E-state index in [0.717, 1.165) is 29.0 Å². The second-order valence-electron chi connectivity index (χ2n) is 7.49. The number of carbonyl (C=O) groups is 1. The molecule has 0 aliphatic heterocycles. The van der Waals surface area contributed by atoms with Crippen molar-refractivity contribution in [1.82, 2.24) is 4.98 Å². The molecule has 5 aromatic rings. The van der Waals surface area contributed by atoms with Gasteiger partial charge in [0.25, 0.3) is 5.91 Å². The van der Waals surface area contributed by atoms with E-state index in [1.807, 2.05) is 6.07 Å². The summed E-state index contributed by atoms with van der Waals surface area (Å²) in [7, 11) is 0. The van der Waals surface area contributed by atoms with Crippen LogP contribution in [0.3, 0.4) is 0 Å². The Morgan fingerprint density at radius 2 is 1.71 bits per heavy atom. The van der Waals surface area contributed by atoms with Gasteiger partial charge in [0.2, 0.25) is 0 Å². The Hall–Kier alpha value is -3.98. The normalized spacial score (nSPS) is 11.7. The third-order valence-electron chi connectivity index (χ3n) is 5.22. The van der Waals surface area contributed by atoms with E-state index in [1.54, 1.807) is 48.5 Å². The van der Waals surface area contributed by atoms with Crippen LogP contribution in [0.4, 0.5) is 18.3 Å². The fourth-order valence-electron chi connectivity index (χ4n) is 3.62. The van der Waals surface area contributed by atoms with Crippen LogP contribution in [0.25, 0.3) is 21.2 Å². The Bertz CT molecular complexity index is 1580. The number of amides is 1. The molecule has 9 heteroatoms. The number of nitrogens with zero attached hydrogens (tertiary/aromatic N) is 2. The molecule has 2 aromatic heterocycles. The van der Waals surface area contributed by atoms with Crippen LogP contribution in [0.1, 0.15) is 21.7 Å². The molecule has 170 valence electrons. The van der Waals surface area contributed by atoms with Crippen molar-refractivity contribution in [3.05, 3.63) is 106 Å². The van der Waals surface area contributed by atoms with Crippen molar-refractivity contribution in [3.63, 3.8) is 0 Å². The lowest BCUT2D eigenvalue weighted by Gasteiger charge is -2.19. The molecule has 3 aromatic carbocycles. The molecule has 0 saturated carbocycles. The van der Waals surface area contributed by atoms with Gasteiger partial charge in [-0.1, -0.05) is 59.9 Å². The predicted molar refractivity (Wildman–Crippen MR) is 124 cm³/mol. The molecule has 2 heterocycles. The van der Waals surface area contributed by atoms with E-state index in [2.05, 4.69) is 4.98 Å². The molecule has 0 atom stereocenters. The summed E-state index contributed by atoms with van der Waals surface area (Å²) in [6, 6.07) is 20.3. The number of carbonyl (C=O) groups excluding carboxylic acids is 1. The van der Waals surface area contributed by atoms with E-state index in [1.165, 1.54) is 17.0 Å². The van der Waals surface area contributed by atoms with Crippen molar-refractivity contribution in [3.8, 4) is 0 Å². The maximum atomic E-state index is 13.5. The highest BCUT2D eigenvalue weighted by molar-refractivity contribution is 7.22. The minimum Gasteiger partial charge on any atom is -0.451 e. The summed E-state index contributed by atoms with van der Waals surface area (Å²) in [4.78, 5) is 31.5. The van der Waals surface area contributed by atoms with Crippen molar-refractivity contribution >= 4 is 43.6 Å². The summed E-state index contributed by atoms with van der Waals surface area (Å²) in [6.07, 6.45) is -4.59. The molecule has 0 unspecified atom stereocenters. The Balaban J connectivity index is 1.65. The Kier molecular flexibility index (Phi) is 5.41. The first kappa shape index (κ1) is 21.8. The third kappa shape index (κ3) is 4.06. The number of hydrogen-bond acceptors (Lipinski definition) is 5. The second kappa shape index (κ2) is 8.42. The van der Waals surface area contributed by atoms with Gasteiger partial charge in [0, 0.05) is 6.07 Å². The zero-order valence-electron chi connectivity index (χ0n) is 17.4. The van der Waals surface area contributed by atoms with Gasteiger partial charge in [0.1, 0.15) is 5.58 Å². The quantitative estimate of drug-likeness (QED) is 0.304. The van der Waals surface area contributed by atoms with E-state index in [4.69, 9.17) is 4.42 Å². The number of thiazole rings is 1. The van der Waals surface area contributed by atoms with Gasteiger partial charge in [0.15, 0.2) is 16.3 Å². The standard InChI is InChI=1S/C25H15F3N2O3S/c26-25(27,28)17-10-6-12-21-22(17)29-24(34-21)30(14-15-7-2-1-3-8-15)23(32)20-13-18(31)16-9-4-5-11-19(16)33-20/h1-13H,14H2. The van der Waals surface area contributed by atoms with Gasteiger partial charge in [-0.05, 0) is 29.8 Å². The Morgan fingerprint density at radius 1 is 0.971 bits per heavy atom. The number of anilines is 1. The minimum atomic E-state index is -4.59. The van der Waals surface area contributed by atoms with Crippen molar-refractivity contribution in [2.75, 3.05) is 4.90 Å². The summed E-state index contributed by atoms with van der Waals surface area (Å²) in [5, 5.41) is 0.389. The molecule has 0 aliphatic rings. The van der Waals surface area contributed by atoms with E-state index in [-0.39, 0.29) is 33.2 Å². The minimum absolute atomic E-state index is 0.0252. The first-order valence-electron chi connectivity index (χ1n) is 10.2. The number of aromatic nitrogens is 1. The van der Waals surface area contributed by atoms with Gasteiger partial charge < -0.3 is 4.42 Å². The van der Waals surface area contributed by atoms with Crippen LogP contribution in [0.5, 0.6) is 0 Å². The topological polar surface area (TPSA) is 63.4 Å². The van der Waals surface area contributed by atoms with E-state index in [0.29, 0.717) is 5.39 Å². The maximum Gasteiger partial charge on any atom is 0.418 e. The molecule has 5 rings (SSSR count).